The number of hydrogen-bond donors (Lipinski definition) is 0. The van der Waals surface area contributed by atoms with Crippen LogP contribution in [0.2, 0.25) is 5.02 Å². The van der Waals surface area contributed by atoms with E-state index in [0.717, 1.165) is 22.3 Å². The predicted octanol–water partition coefficient (Wildman–Crippen LogP) is 3.85. The third-order valence-electron chi connectivity index (χ3n) is 5.47. The Kier molecular flexibility index (Phi) is 7.32. The number of ether oxygens (including phenoxy) is 2. The van der Waals surface area contributed by atoms with Crippen molar-refractivity contribution in [2.45, 2.75) is 19.5 Å². The average Bonchev–Trinajstić information content (AvgIpc) is 3.16. The van der Waals surface area contributed by atoms with Gasteiger partial charge in [-0.2, -0.15) is 4.98 Å². The van der Waals surface area contributed by atoms with Crippen LogP contribution in [0.1, 0.15) is 5.56 Å². The second-order valence-corrected chi connectivity index (χ2v) is 8.94. The van der Waals surface area contributed by atoms with Gasteiger partial charge in [0.2, 0.25) is 0 Å². The lowest BCUT2D eigenvalue weighted by Crippen LogP contribution is -2.41. The summed E-state index contributed by atoms with van der Waals surface area (Å²) in [6.07, 6.45) is -4.88. The summed E-state index contributed by atoms with van der Waals surface area (Å²) >= 11 is 6.00. The van der Waals surface area contributed by atoms with Crippen LogP contribution in [0.3, 0.4) is 0 Å². The summed E-state index contributed by atoms with van der Waals surface area (Å²) in [5, 5.41) is 0.519. The van der Waals surface area contributed by atoms with Gasteiger partial charge in [-0.05, 0) is 43.9 Å². The Labute approximate surface area is 213 Å². The van der Waals surface area contributed by atoms with Crippen LogP contribution in [0.5, 0.6) is 17.5 Å². The third-order valence-corrected chi connectivity index (χ3v) is 5.72. The van der Waals surface area contributed by atoms with Gasteiger partial charge in [0.05, 0.1) is 6.54 Å². The van der Waals surface area contributed by atoms with Crippen molar-refractivity contribution >= 4 is 22.8 Å². The minimum Gasteiger partial charge on any atom is -0.425 e. The Morgan fingerprint density at radius 3 is 2.35 bits per heavy atom. The van der Waals surface area contributed by atoms with Gasteiger partial charge in [0, 0.05) is 31.2 Å². The minimum absolute atomic E-state index is 0.00709. The number of rotatable bonds is 8. The Hall–Kier alpha value is -3.77. The standard InChI is InChI=1S/C24H23ClF3N5O4/c1-30(2)11-12-32-21(34)19-20(31(3)23(32)35)29-22(33(19)14-15-7-9-16(25)10-8-15)36-17-5-4-6-18(13-17)37-24(26,27)28/h4-10,13H,11-12,14H2,1-3H3. The van der Waals surface area contributed by atoms with Crippen LogP contribution in [-0.4, -0.2) is 50.6 Å². The molecule has 0 fully saturated rings. The zero-order valence-corrected chi connectivity index (χ0v) is 20.9. The maximum Gasteiger partial charge on any atom is 0.573 e. The van der Waals surface area contributed by atoms with Crippen LogP contribution in [0, 0.1) is 0 Å². The molecule has 0 radical (unpaired) electrons. The summed E-state index contributed by atoms with van der Waals surface area (Å²) in [6, 6.07) is 11.7. The molecule has 37 heavy (non-hydrogen) atoms. The SMILES string of the molecule is CN(C)CCn1c(=O)c2c(nc(Oc3cccc(OC(F)(F)F)c3)n2Cc2ccc(Cl)cc2)n(C)c1=O. The molecule has 0 unspecified atom stereocenters. The lowest BCUT2D eigenvalue weighted by atomic mass is 10.2. The highest BCUT2D eigenvalue weighted by Crippen LogP contribution is 2.30. The van der Waals surface area contributed by atoms with Crippen molar-refractivity contribution in [3.63, 3.8) is 0 Å². The van der Waals surface area contributed by atoms with E-state index in [1.807, 2.05) is 19.0 Å². The largest absolute Gasteiger partial charge is 0.573 e. The second kappa shape index (κ2) is 10.3. The molecule has 0 aliphatic carbocycles. The van der Waals surface area contributed by atoms with Gasteiger partial charge in [-0.1, -0.05) is 29.8 Å². The van der Waals surface area contributed by atoms with Crippen LogP contribution < -0.4 is 20.7 Å². The number of hydrogen-bond acceptors (Lipinski definition) is 6. The van der Waals surface area contributed by atoms with E-state index in [4.69, 9.17) is 16.3 Å². The van der Waals surface area contributed by atoms with E-state index < -0.39 is 23.4 Å². The Balaban J connectivity index is 1.87. The van der Waals surface area contributed by atoms with Gasteiger partial charge < -0.3 is 14.4 Å². The molecule has 2 heterocycles. The normalized spacial score (nSPS) is 11.9. The summed E-state index contributed by atoms with van der Waals surface area (Å²) in [4.78, 5) is 32.7. The number of halogens is 4. The fourth-order valence-electron chi connectivity index (χ4n) is 3.69. The van der Waals surface area contributed by atoms with E-state index in [9.17, 15) is 22.8 Å². The number of nitrogens with zero attached hydrogens (tertiary/aromatic N) is 5. The summed E-state index contributed by atoms with van der Waals surface area (Å²) in [6.45, 7) is 0.706. The predicted molar refractivity (Wildman–Crippen MR) is 132 cm³/mol. The van der Waals surface area contributed by atoms with Gasteiger partial charge >= 0.3 is 18.1 Å². The number of alkyl halides is 3. The summed E-state index contributed by atoms with van der Waals surface area (Å²) in [5.41, 5.74) is -0.194. The van der Waals surface area contributed by atoms with Crippen molar-refractivity contribution in [2.24, 2.45) is 7.05 Å². The summed E-state index contributed by atoms with van der Waals surface area (Å²) < 4.78 is 51.7. The Morgan fingerprint density at radius 1 is 1.03 bits per heavy atom. The molecular formula is C24H23ClF3N5O4. The molecule has 0 N–H and O–H groups in total. The zero-order valence-electron chi connectivity index (χ0n) is 20.1. The molecule has 9 nitrogen and oxygen atoms in total. The van der Waals surface area contributed by atoms with Gasteiger partial charge in [0.25, 0.3) is 5.56 Å². The number of likely N-dealkylation sites (N-methyl/N-ethyl adjacent to an activating group) is 1. The number of aromatic nitrogens is 4. The van der Waals surface area contributed by atoms with E-state index in [-0.39, 0.29) is 36.0 Å². The highest BCUT2D eigenvalue weighted by molar-refractivity contribution is 6.30. The first-order chi connectivity index (χ1) is 17.4. The molecule has 0 bridgehead atoms. The zero-order chi connectivity index (χ0) is 26.9. The fraction of sp³-hybridized carbons (Fsp3) is 0.292. The van der Waals surface area contributed by atoms with Gasteiger partial charge in [0.1, 0.15) is 11.5 Å². The topological polar surface area (TPSA) is 83.5 Å². The van der Waals surface area contributed by atoms with E-state index in [2.05, 4.69) is 9.72 Å². The van der Waals surface area contributed by atoms with Crippen molar-refractivity contribution in [1.82, 2.24) is 23.6 Å². The monoisotopic (exact) mass is 537 g/mol. The first-order valence-corrected chi connectivity index (χ1v) is 11.4. The molecule has 4 aromatic rings. The van der Waals surface area contributed by atoms with Crippen LogP contribution in [-0.2, 0) is 20.1 Å². The first-order valence-electron chi connectivity index (χ1n) is 11.1. The van der Waals surface area contributed by atoms with Gasteiger partial charge in [-0.3, -0.25) is 18.5 Å². The molecule has 0 spiro atoms. The van der Waals surface area contributed by atoms with Crippen molar-refractivity contribution in [3.05, 3.63) is 80.0 Å². The van der Waals surface area contributed by atoms with E-state index in [1.165, 1.54) is 28.3 Å². The summed E-state index contributed by atoms with van der Waals surface area (Å²) in [7, 11) is 5.13. The molecule has 0 aliphatic rings. The molecular weight excluding hydrogens is 515 g/mol. The van der Waals surface area contributed by atoms with Crippen LogP contribution in [0.15, 0.2) is 58.1 Å². The molecule has 2 aromatic heterocycles. The molecule has 0 saturated heterocycles. The number of imidazole rings is 1. The van der Waals surface area contributed by atoms with E-state index >= 15 is 0 Å². The molecule has 0 amide bonds. The molecule has 4 rings (SSSR count). The first kappa shape index (κ1) is 26.3. The maximum absolute atomic E-state index is 13.5. The molecule has 0 atom stereocenters. The highest BCUT2D eigenvalue weighted by atomic mass is 35.5. The summed E-state index contributed by atoms with van der Waals surface area (Å²) in [5.74, 6) is -0.490. The van der Waals surface area contributed by atoms with Crippen molar-refractivity contribution < 1.29 is 22.6 Å². The van der Waals surface area contributed by atoms with Gasteiger partial charge in [0.15, 0.2) is 11.2 Å². The second-order valence-electron chi connectivity index (χ2n) is 8.51. The lowest BCUT2D eigenvalue weighted by molar-refractivity contribution is -0.274. The molecule has 13 heteroatoms. The third kappa shape index (κ3) is 5.97. The molecule has 0 aliphatic heterocycles. The van der Waals surface area contributed by atoms with Crippen molar-refractivity contribution in [1.29, 1.82) is 0 Å². The minimum atomic E-state index is -4.88. The molecule has 2 aromatic carbocycles. The fourth-order valence-corrected chi connectivity index (χ4v) is 3.81. The highest BCUT2D eigenvalue weighted by Gasteiger charge is 2.31. The molecule has 196 valence electrons. The van der Waals surface area contributed by atoms with Crippen LogP contribution in [0.25, 0.3) is 11.2 Å². The number of benzene rings is 2. The number of fused-ring (bicyclic) bond motifs is 1. The molecule has 0 saturated carbocycles. The van der Waals surface area contributed by atoms with Crippen molar-refractivity contribution in [2.75, 3.05) is 20.6 Å². The van der Waals surface area contributed by atoms with Gasteiger partial charge in [-0.15, -0.1) is 13.2 Å². The van der Waals surface area contributed by atoms with Crippen LogP contribution >= 0.6 is 11.6 Å². The van der Waals surface area contributed by atoms with E-state index in [1.54, 1.807) is 24.3 Å². The lowest BCUT2D eigenvalue weighted by Gasteiger charge is -2.13. The van der Waals surface area contributed by atoms with Crippen molar-refractivity contribution in [3.8, 4) is 17.5 Å². The Bertz CT molecular complexity index is 1540. The average molecular weight is 538 g/mol. The Morgan fingerprint density at radius 2 is 1.70 bits per heavy atom. The number of aryl methyl sites for hydroxylation is 1. The quantitative estimate of drug-likeness (QED) is 0.339. The maximum atomic E-state index is 13.5. The smallest absolute Gasteiger partial charge is 0.425 e. The van der Waals surface area contributed by atoms with Crippen LogP contribution in [0.4, 0.5) is 13.2 Å². The van der Waals surface area contributed by atoms with Gasteiger partial charge in [-0.25, -0.2) is 4.79 Å². The van der Waals surface area contributed by atoms with E-state index in [0.29, 0.717) is 11.6 Å².